The molecule has 140 valence electrons. The van der Waals surface area contributed by atoms with Gasteiger partial charge in [0, 0.05) is 17.2 Å². The van der Waals surface area contributed by atoms with E-state index < -0.39 is 17.8 Å². The number of nitrogens with two attached hydrogens (primary N) is 1. The van der Waals surface area contributed by atoms with E-state index >= 15 is 0 Å². The first-order valence-electron chi connectivity index (χ1n) is 8.31. The van der Waals surface area contributed by atoms with Gasteiger partial charge in [-0.1, -0.05) is 30.3 Å². The third-order valence-corrected chi connectivity index (χ3v) is 4.40. The Morgan fingerprint density at radius 2 is 1.78 bits per heavy atom. The van der Waals surface area contributed by atoms with Crippen LogP contribution in [0.3, 0.4) is 0 Å². The molecule has 0 aliphatic rings. The number of aromatic nitrogens is 2. The van der Waals surface area contributed by atoms with Crippen LogP contribution in [0.4, 0.5) is 4.39 Å². The van der Waals surface area contributed by atoms with Gasteiger partial charge in [0.15, 0.2) is 11.5 Å². The van der Waals surface area contributed by atoms with Crippen molar-refractivity contribution in [3.63, 3.8) is 0 Å². The van der Waals surface area contributed by atoms with Gasteiger partial charge in [0.05, 0.1) is 31.9 Å². The van der Waals surface area contributed by atoms with Crippen molar-refractivity contribution >= 4 is 5.91 Å². The highest BCUT2D eigenvalue weighted by atomic mass is 19.1. The van der Waals surface area contributed by atoms with Gasteiger partial charge in [-0.3, -0.25) is 4.79 Å². The predicted molar refractivity (Wildman–Crippen MR) is 100 cm³/mol. The van der Waals surface area contributed by atoms with E-state index in [-0.39, 0.29) is 11.3 Å². The van der Waals surface area contributed by atoms with Crippen molar-refractivity contribution in [3.05, 3.63) is 54.6 Å². The zero-order valence-electron chi connectivity index (χ0n) is 15.3. The number of primary amides is 1. The van der Waals surface area contributed by atoms with Gasteiger partial charge in [0.25, 0.3) is 0 Å². The molecule has 1 heterocycles. The molecule has 0 radical (unpaired) electrons. The Hall–Kier alpha value is -3.35. The van der Waals surface area contributed by atoms with Crippen LogP contribution in [0.1, 0.15) is 13.0 Å². The number of hydrogen-bond acceptors (Lipinski definition) is 4. The van der Waals surface area contributed by atoms with Gasteiger partial charge in [0.2, 0.25) is 5.91 Å². The summed E-state index contributed by atoms with van der Waals surface area (Å²) >= 11 is 0. The summed E-state index contributed by atoms with van der Waals surface area (Å²) in [5, 5.41) is 0. The molecule has 6 nitrogen and oxygen atoms in total. The summed E-state index contributed by atoms with van der Waals surface area (Å²) in [4.78, 5) is 16.2. The lowest BCUT2D eigenvalue weighted by Crippen LogP contribution is -2.24. The second-order valence-corrected chi connectivity index (χ2v) is 5.98. The molecule has 1 aromatic heterocycles. The van der Waals surface area contributed by atoms with Crippen molar-refractivity contribution < 1.29 is 18.7 Å². The Morgan fingerprint density at radius 3 is 2.37 bits per heavy atom. The number of carbonyl (C=O) groups excluding carboxylic acids is 1. The summed E-state index contributed by atoms with van der Waals surface area (Å²) in [6.07, 6.45) is 1.49. The van der Waals surface area contributed by atoms with Gasteiger partial charge in [0.1, 0.15) is 11.9 Å². The molecule has 0 saturated carbocycles. The summed E-state index contributed by atoms with van der Waals surface area (Å²) < 4.78 is 27.0. The zero-order chi connectivity index (χ0) is 19.6. The SMILES string of the molecule is COc1cc(F)c(-c2c(-c3ccccc3)ncn2[C@H](C)C(N)=O)cc1OC. The molecular formula is C20H20FN3O3. The molecule has 0 bridgehead atoms. The molecule has 0 fully saturated rings. The lowest BCUT2D eigenvalue weighted by molar-refractivity contribution is -0.120. The first kappa shape index (κ1) is 18.4. The van der Waals surface area contributed by atoms with E-state index in [9.17, 15) is 9.18 Å². The Labute approximate surface area is 156 Å². The van der Waals surface area contributed by atoms with Crippen molar-refractivity contribution in [2.75, 3.05) is 14.2 Å². The Balaban J connectivity index is 2.30. The van der Waals surface area contributed by atoms with E-state index in [0.29, 0.717) is 17.1 Å². The van der Waals surface area contributed by atoms with Crippen LogP contribution in [-0.2, 0) is 4.79 Å². The maximum atomic E-state index is 15.0. The fourth-order valence-corrected chi connectivity index (χ4v) is 2.90. The van der Waals surface area contributed by atoms with Crippen molar-refractivity contribution in [2.45, 2.75) is 13.0 Å². The van der Waals surface area contributed by atoms with Crippen LogP contribution in [0.5, 0.6) is 11.5 Å². The number of hydrogen-bond donors (Lipinski definition) is 1. The van der Waals surface area contributed by atoms with Gasteiger partial charge in [-0.25, -0.2) is 9.37 Å². The van der Waals surface area contributed by atoms with Crippen LogP contribution >= 0.6 is 0 Å². The normalized spacial score (nSPS) is 11.9. The lowest BCUT2D eigenvalue weighted by Gasteiger charge is -2.17. The lowest BCUT2D eigenvalue weighted by atomic mass is 10.0. The van der Waals surface area contributed by atoms with Crippen molar-refractivity contribution in [2.24, 2.45) is 5.73 Å². The summed E-state index contributed by atoms with van der Waals surface area (Å²) in [6, 6.07) is 11.4. The monoisotopic (exact) mass is 369 g/mol. The molecule has 1 amide bonds. The third-order valence-electron chi connectivity index (χ3n) is 4.40. The average Bonchev–Trinajstić information content (AvgIpc) is 3.12. The van der Waals surface area contributed by atoms with E-state index in [0.717, 1.165) is 5.56 Å². The number of carbonyl (C=O) groups is 1. The van der Waals surface area contributed by atoms with E-state index in [1.807, 2.05) is 30.3 Å². The second kappa shape index (κ2) is 7.49. The van der Waals surface area contributed by atoms with Gasteiger partial charge >= 0.3 is 0 Å². The minimum Gasteiger partial charge on any atom is -0.493 e. The van der Waals surface area contributed by atoms with E-state index in [2.05, 4.69) is 4.98 Å². The zero-order valence-corrected chi connectivity index (χ0v) is 15.3. The molecule has 7 heteroatoms. The van der Waals surface area contributed by atoms with Crippen molar-refractivity contribution in [1.29, 1.82) is 0 Å². The number of methoxy groups -OCH3 is 2. The Morgan fingerprint density at radius 1 is 1.15 bits per heavy atom. The first-order chi connectivity index (χ1) is 13.0. The fraction of sp³-hybridized carbons (Fsp3) is 0.200. The van der Waals surface area contributed by atoms with E-state index in [1.165, 1.54) is 32.7 Å². The minimum absolute atomic E-state index is 0.233. The molecule has 27 heavy (non-hydrogen) atoms. The molecule has 2 aromatic carbocycles. The molecule has 3 rings (SSSR count). The summed E-state index contributed by atoms with van der Waals surface area (Å²) in [6.45, 7) is 1.64. The number of benzene rings is 2. The van der Waals surface area contributed by atoms with Crippen LogP contribution in [0.15, 0.2) is 48.8 Å². The highest BCUT2D eigenvalue weighted by Gasteiger charge is 2.24. The minimum atomic E-state index is -0.711. The van der Waals surface area contributed by atoms with E-state index in [4.69, 9.17) is 15.2 Å². The number of amides is 1. The molecule has 0 spiro atoms. The standard InChI is InChI=1S/C20H20FN3O3/c1-12(20(22)25)24-11-23-18(13-7-5-4-6-8-13)19(24)14-9-16(26-2)17(27-3)10-15(14)21/h4-12H,1-3H3,(H2,22,25)/t12-/m1/s1. The second-order valence-electron chi connectivity index (χ2n) is 5.98. The van der Waals surface area contributed by atoms with Crippen LogP contribution in [0.2, 0.25) is 0 Å². The van der Waals surface area contributed by atoms with Gasteiger partial charge in [-0.15, -0.1) is 0 Å². The number of halogens is 1. The summed E-state index contributed by atoms with van der Waals surface area (Å²) in [5.74, 6) is -0.432. The molecule has 0 saturated heterocycles. The van der Waals surface area contributed by atoms with Crippen LogP contribution in [-0.4, -0.2) is 29.7 Å². The number of nitrogens with zero attached hydrogens (tertiary/aromatic N) is 2. The molecule has 2 N–H and O–H groups in total. The maximum absolute atomic E-state index is 15.0. The third kappa shape index (κ3) is 3.36. The number of ether oxygens (including phenoxy) is 2. The van der Waals surface area contributed by atoms with Gasteiger partial charge in [-0.2, -0.15) is 0 Å². The largest absolute Gasteiger partial charge is 0.493 e. The molecular weight excluding hydrogens is 349 g/mol. The molecule has 1 atom stereocenters. The molecule has 0 aliphatic carbocycles. The fourth-order valence-electron chi connectivity index (χ4n) is 2.90. The Kier molecular flexibility index (Phi) is 5.12. The first-order valence-corrected chi connectivity index (χ1v) is 8.31. The summed E-state index contributed by atoms with van der Waals surface area (Å²) in [7, 11) is 2.91. The molecule has 3 aromatic rings. The van der Waals surface area contributed by atoms with Crippen LogP contribution in [0, 0.1) is 5.82 Å². The smallest absolute Gasteiger partial charge is 0.240 e. The van der Waals surface area contributed by atoms with Crippen LogP contribution in [0.25, 0.3) is 22.5 Å². The topological polar surface area (TPSA) is 79.4 Å². The van der Waals surface area contributed by atoms with E-state index in [1.54, 1.807) is 11.5 Å². The Bertz CT molecular complexity index is 970. The highest BCUT2D eigenvalue weighted by molar-refractivity contribution is 5.84. The summed E-state index contributed by atoms with van der Waals surface area (Å²) in [5.41, 5.74) is 7.47. The van der Waals surface area contributed by atoms with Gasteiger partial charge in [-0.05, 0) is 13.0 Å². The maximum Gasteiger partial charge on any atom is 0.240 e. The molecule has 0 unspecified atom stereocenters. The highest BCUT2D eigenvalue weighted by Crippen LogP contribution is 2.39. The molecule has 0 aliphatic heterocycles. The average molecular weight is 369 g/mol. The van der Waals surface area contributed by atoms with Crippen molar-refractivity contribution in [3.8, 4) is 34.0 Å². The van der Waals surface area contributed by atoms with Crippen LogP contribution < -0.4 is 15.2 Å². The number of rotatable bonds is 6. The predicted octanol–water partition coefficient (Wildman–Crippen LogP) is 3.42. The van der Waals surface area contributed by atoms with Gasteiger partial charge < -0.3 is 19.8 Å². The number of imidazole rings is 1. The van der Waals surface area contributed by atoms with Crippen molar-refractivity contribution in [1.82, 2.24) is 9.55 Å². The quantitative estimate of drug-likeness (QED) is 0.722.